The average Bonchev–Trinajstić information content (AvgIpc) is 2.98. The molecule has 0 aliphatic rings. The largest absolute Gasteiger partial charge is 0.284 e. The number of nitrogens with zero attached hydrogens (tertiary/aromatic N) is 3. The summed E-state index contributed by atoms with van der Waals surface area (Å²) in [5.41, 5.74) is 2.27. The van der Waals surface area contributed by atoms with Crippen molar-refractivity contribution in [2.24, 2.45) is 0 Å². The third-order valence-corrected chi connectivity index (χ3v) is 5.45. The third-order valence-electron chi connectivity index (χ3n) is 4.05. The molecule has 0 unspecified atom stereocenters. The van der Waals surface area contributed by atoms with Crippen LogP contribution in [0.3, 0.4) is 0 Å². The Morgan fingerprint density at radius 1 is 0.920 bits per heavy atom. The number of anilines is 1. The van der Waals surface area contributed by atoms with E-state index >= 15 is 0 Å². The predicted molar refractivity (Wildman–Crippen MR) is 98.4 cm³/mol. The molecular weight excluding hydrogens is 336 g/mol. The zero-order chi connectivity index (χ0) is 18.2. The van der Waals surface area contributed by atoms with E-state index in [0.717, 1.165) is 11.4 Å². The molecule has 0 aliphatic heterocycles. The number of sulfonamides is 1. The van der Waals surface area contributed by atoms with Crippen molar-refractivity contribution >= 4 is 21.4 Å². The number of pyridine rings is 1. The molecule has 0 saturated heterocycles. The summed E-state index contributed by atoms with van der Waals surface area (Å²) in [4.78, 5) is 0.241. The highest BCUT2D eigenvalue weighted by molar-refractivity contribution is 7.92. The van der Waals surface area contributed by atoms with Crippen molar-refractivity contribution in [3.05, 3.63) is 54.0 Å². The quantitative estimate of drug-likeness (QED) is 0.753. The maximum absolute atomic E-state index is 12.6. The fourth-order valence-electron chi connectivity index (χ4n) is 2.61. The summed E-state index contributed by atoms with van der Waals surface area (Å²) in [6, 6.07) is 10.4. The molecule has 0 bridgehead atoms. The zero-order valence-electron chi connectivity index (χ0n) is 14.8. The van der Waals surface area contributed by atoms with Gasteiger partial charge in [0.25, 0.3) is 10.0 Å². The molecule has 3 aromatic rings. The summed E-state index contributed by atoms with van der Waals surface area (Å²) in [7, 11) is -3.64. The minimum atomic E-state index is -3.64. The highest BCUT2D eigenvalue weighted by Gasteiger charge is 2.16. The SMILES string of the molecule is CC(C)c1ccc(S(=O)(=O)Nc2ccc3nnc(C(C)C)n3c2)cc1. The number of rotatable bonds is 5. The molecule has 1 aromatic carbocycles. The lowest BCUT2D eigenvalue weighted by Gasteiger charge is -2.11. The summed E-state index contributed by atoms with van der Waals surface area (Å²) in [5, 5.41) is 8.25. The second-order valence-electron chi connectivity index (χ2n) is 6.69. The average molecular weight is 358 g/mol. The molecule has 0 radical (unpaired) electrons. The van der Waals surface area contributed by atoms with Gasteiger partial charge in [0, 0.05) is 12.1 Å². The Kier molecular flexibility index (Phi) is 4.51. The van der Waals surface area contributed by atoms with Crippen molar-refractivity contribution in [1.82, 2.24) is 14.6 Å². The Bertz CT molecular complexity index is 990. The lowest BCUT2D eigenvalue weighted by Crippen LogP contribution is -2.13. The van der Waals surface area contributed by atoms with Crippen LogP contribution in [0.4, 0.5) is 5.69 Å². The summed E-state index contributed by atoms with van der Waals surface area (Å²) < 4.78 is 29.7. The Labute approximate surface area is 148 Å². The number of benzene rings is 1. The Morgan fingerprint density at radius 3 is 2.20 bits per heavy atom. The van der Waals surface area contributed by atoms with Gasteiger partial charge in [-0.25, -0.2) is 8.42 Å². The van der Waals surface area contributed by atoms with Crippen LogP contribution in [0.2, 0.25) is 0 Å². The van der Waals surface area contributed by atoms with Crippen LogP contribution in [0, 0.1) is 0 Å². The van der Waals surface area contributed by atoms with Crippen molar-refractivity contribution in [3.63, 3.8) is 0 Å². The molecule has 132 valence electrons. The van der Waals surface area contributed by atoms with Gasteiger partial charge in [0.2, 0.25) is 0 Å². The molecule has 25 heavy (non-hydrogen) atoms. The number of hydrogen-bond donors (Lipinski definition) is 1. The Balaban J connectivity index is 1.92. The predicted octanol–water partition coefficient (Wildman–Crippen LogP) is 3.78. The summed E-state index contributed by atoms with van der Waals surface area (Å²) >= 11 is 0. The van der Waals surface area contributed by atoms with Gasteiger partial charge in [0.05, 0.1) is 10.6 Å². The van der Waals surface area contributed by atoms with Crippen LogP contribution >= 0.6 is 0 Å². The zero-order valence-corrected chi connectivity index (χ0v) is 15.6. The smallest absolute Gasteiger partial charge is 0.261 e. The van der Waals surface area contributed by atoms with Crippen molar-refractivity contribution in [2.75, 3.05) is 4.72 Å². The van der Waals surface area contributed by atoms with Gasteiger partial charge in [0.1, 0.15) is 5.82 Å². The number of nitrogens with one attached hydrogen (secondary N) is 1. The van der Waals surface area contributed by atoms with Gasteiger partial charge in [0.15, 0.2) is 5.65 Å². The Hall–Kier alpha value is -2.41. The van der Waals surface area contributed by atoms with Crippen molar-refractivity contribution < 1.29 is 8.42 Å². The van der Waals surface area contributed by atoms with E-state index in [4.69, 9.17) is 0 Å². The molecule has 1 N–H and O–H groups in total. The van der Waals surface area contributed by atoms with Gasteiger partial charge in [-0.3, -0.25) is 9.12 Å². The van der Waals surface area contributed by atoms with E-state index in [1.54, 1.807) is 30.5 Å². The van der Waals surface area contributed by atoms with Crippen LogP contribution in [0.5, 0.6) is 0 Å². The first kappa shape index (κ1) is 17.4. The fraction of sp³-hybridized carbons (Fsp3) is 0.333. The van der Waals surface area contributed by atoms with Crippen LogP contribution in [0.15, 0.2) is 47.5 Å². The molecule has 2 heterocycles. The highest BCUT2D eigenvalue weighted by atomic mass is 32.2. The van der Waals surface area contributed by atoms with Crippen LogP contribution in [0.1, 0.15) is 50.9 Å². The summed E-state index contributed by atoms with van der Waals surface area (Å²) in [6.07, 6.45) is 1.71. The molecule has 2 aromatic heterocycles. The van der Waals surface area contributed by atoms with Crippen LogP contribution in [-0.2, 0) is 10.0 Å². The number of aromatic nitrogens is 3. The summed E-state index contributed by atoms with van der Waals surface area (Å²) in [5.74, 6) is 1.33. The molecule has 6 nitrogen and oxygen atoms in total. The first-order chi connectivity index (χ1) is 11.8. The third kappa shape index (κ3) is 3.51. The van der Waals surface area contributed by atoms with Gasteiger partial charge in [-0.05, 0) is 35.7 Å². The van der Waals surface area contributed by atoms with E-state index in [1.807, 2.05) is 30.4 Å². The minimum absolute atomic E-state index is 0.186. The minimum Gasteiger partial charge on any atom is -0.284 e. The summed E-state index contributed by atoms with van der Waals surface area (Å²) in [6.45, 7) is 8.18. The molecule has 0 saturated carbocycles. The normalized spacial score (nSPS) is 12.2. The first-order valence-electron chi connectivity index (χ1n) is 8.25. The lowest BCUT2D eigenvalue weighted by molar-refractivity contribution is 0.601. The maximum atomic E-state index is 12.6. The van der Waals surface area contributed by atoms with E-state index in [9.17, 15) is 8.42 Å². The van der Waals surface area contributed by atoms with E-state index in [0.29, 0.717) is 17.3 Å². The topological polar surface area (TPSA) is 76.4 Å². The van der Waals surface area contributed by atoms with Crippen LogP contribution in [0.25, 0.3) is 5.65 Å². The van der Waals surface area contributed by atoms with Crippen molar-refractivity contribution in [1.29, 1.82) is 0 Å². The van der Waals surface area contributed by atoms with Gasteiger partial charge in [-0.1, -0.05) is 39.8 Å². The van der Waals surface area contributed by atoms with Crippen molar-refractivity contribution in [3.8, 4) is 0 Å². The van der Waals surface area contributed by atoms with Gasteiger partial charge in [-0.15, -0.1) is 10.2 Å². The lowest BCUT2D eigenvalue weighted by atomic mass is 10.0. The molecule has 0 spiro atoms. The van der Waals surface area contributed by atoms with E-state index in [1.165, 1.54) is 0 Å². The molecular formula is C18H22N4O2S. The molecule has 0 amide bonds. The van der Waals surface area contributed by atoms with E-state index in [2.05, 4.69) is 28.8 Å². The van der Waals surface area contributed by atoms with Crippen molar-refractivity contribution in [2.45, 2.75) is 44.4 Å². The maximum Gasteiger partial charge on any atom is 0.261 e. The second-order valence-corrected chi connectivity index (χ2v) is 8.37. The van der Waals surface area contributed by atoms with Gasteiger partial charge >= 0.3 is 0 Å². The molecule has 0 atom stereocenters. The van der Waals surface area contributed by atoms with Crippen LogP contribution < -0.4 is 4.72 Å². The second kappa shape index (κ2) is 6.48. The number of fused-ring (bicyclic) bond motifs is 1. The van der Waals surface area contributed by atoms with Crippen LogP contribution in [-0.4, -0.2) is 23.0 Å². The van der Waals surface area contributed by atoms with Gasteiger partial charge < -0.3 is 0 Å². The fourth-order valence-corrected chi connectivity index (χ4v) is 3.65. The molecule has 0 fully saturated rings. The standard InChI is InChI=1S/C18H22N4O2S/c1-12(2)14-5-8-16(9-6-14)25(23,24)21-15-7-10-17-19-20-18(13(3)4)22(17)11-15/h5-13,21H,1-4H3. The molecule has 0 aliphatic carbocycles. The molecule has 7 heteroatoms. The Morgan fingerprint density at radius 2 is 1.60 bits per heavy atom. The first-order valence-corrected chi connectivity index (χ1v) is 9.73. The molecule has 3 rings (SSSR count). The van der Waals surface area contributed by atoms with E-state index < -0.39 is 10.0 Å². The van der Waals surface area contributed by atoms with E-state index in [-0.39, 0.29) is 10.8 Å². The monoisotopic (exact) mass is 358 g/mol. The number of hydrogen-bond acceptors (Lipinski definition) is 4. The van der Waals surface area contributed by atoms with Gasteiger partial charge in [-0.2, -0.15) is 0 Å². The highest BCUT2D eigenvalue weighted by Crippen LogP contribution is 2.21.